The maximum Gasteiger partial charge on any atom is 0.342 e. The molecule has 0 saturated carbocycles. The van der Waals surface area contributed by atoms with Gasteiger partial charge in [-0.1, -0.05) is 29.8 Å². The summed E-state index contributed by atoms with van der Waals surface area (Å²) in [7, 11) is 0. The van der Waals surface area contributed by atoms with Crippen molar-refractivity contribution in [3.05, 3.63) is 52.3 Å². The predicted octanol–water partition coefficient (Wildman–Crippen LogP) is 2.31. The summed E-state index contributed by atoms with van der Waals surface area (Å²) in [5.74, 6) is -0.858. The first-order valence-electron chi connectivity index (χ1n) is 9.59. The second-order valence-electron chi connectivity index (χ2n) is 7.20. The highest BCUT2D eigenvalue weighted by atomic mass is 16.5. The SMILES string of the molecule is Cc1ccc(Cn2nc(C)c(C(=O)OCC(=O)NC[C@H]3CCCO3)c2C)cc1. The lowest BCUT2D eigenvalue weighted by atomic mass is 10.1. The molecule has 2 heterocycles. The standard InChI is InChI=1S/C21H27N3O4/c1-14-6-8-17(9-7-14)12-24-16(3)20(15(2)23-24)21(26)28-13-19(25)22-11-18-5-4-10-27-18/h6-9,18H,4-5,10-13H2,1-3H3,(H,22,25)/t18-/m1/s1. The maximum absolute atomic E-state index is 12.5. The summed E-state index contributed by atoms with van der Waals surface area (Å²) >= 11 is 0. The first-order chi connectivity index (χ1) is 13.4. The van der Waals surface area contributed by atoms with E-state index < -0.39 is 5.97 Å². The summed E-state index contributed by atoms with van der Waals surface area (Å²) < 4.78 is 12.4. The molecule has 0 radical (unpaired) electrons. The third kappa shape index (κ3) is 4.98. The number of ether oxygens (including phenoxy) is 2. The zero-order chi connectivity index (χ0) is 20.1. The molecule has 1 aromatic carbocycles. The molecule has 1 N–H and O–H groups in total. The van der Waals surface area contributed by atoms with Crippen LogP contribution in [0.15, 0.2) is 24.3 Å². The molecule has 1 atom stereocenters. The largest absolute Gasteiger partial charge is 0.452 e. The van der Waals surface area contributed by atoms with Crippen molar-refractivity contribution in [3.8, 4) is 0 Å². The van der Waals surface area contributed by atoms with E-state index in [1.54, 1.807) is 11.6 Å². The normalized spacial score (nSPS) is 16.2. The van der Waals surface area contributed by atoms with E-state index in [0.29, 0.717) is 24.3 Å². The molecule has 0 aliphatic carbocycles. The number of carbonyl (C=O) groups is 2. The minimum Gasteiger partial charge on any atom is -0.452 e. The van der Waals surface area contributed by atoms with Crippen LogP contribution in [-0.2, 0) is 20.8 Å². The van der Waals surface area contributed by atoms with Gasteiger partial charge >= 0.3 is 5.97 Å². The molecule has 7 heteroatoms. The Morgan fingerprint density at radius 1 is 1.25 bits per heavy atom. The summed E-state index contributed by atoms with van der Waals surface area (Å²) in [6.07, 6.45) is 2.02. The van der Waals surface area contributed by atoms with Crippen molar-refractivity contribution in [1.82, 2.24) is 15.1 Å². The molecule has 0 spiro atoms. The molecule has 0 bridgehead atoms. The number of aromatic nitrogens is 2. The Morgan fingerprint density at radius 2 is 2.00 bits per heavy atom. The monoisotopic (exact) mass is 385 g/mol. The number of amides is 1. The number of rotatable bonds is 7. The van der Waals surface area contributed by atoms with E-state index >= 15 is 0 Å². The van der Waals surface area contributed by atoms with Crippen molar-refractivity contribution in [1.29, 1.82) is 0 Å². The van der Waals surface area contributed by atoms with E-state index in [4.69, 9.17) is 9.47 Å². The van der Waals surface area contributed by atoms with Crippen molar-refractivity contribution in [2.45, 2.75) is 46.3 Å². The average Bonchev–Trinajstić information content (AvgIpc) is 3.28. The molecule has 1 saturated heterocycles. The molecular formula is C21H27N3O4. The van der Waals surface area contributed by atoms with Gasteiger partial charge in [0, 0.05) is 13.2 Å². The van der Waals surface area contributed by atoms with Gasteiger partial charge in [0.15, 0.2) is 6.61 Å². The second kappa shape index (κ2) is 9.01. The lowest BCUT2D eigenvalue weighted by Gasteiger charge is -2.11. The third-order valence-corrected chi connectivity index (χ3v) is 4.92. The zero-order valence-electron chi connectivity index (χ0n) is 16.7. The van der Waals surface area contributed by atoms with Gasteiger partial charge in [-0.05, 0) is 39.2 Å². The van der Waals surface area contributed by atoms with Gasteiger partial charge in [0.1, 0.15) is 5.56 Å². The number of benzene rings is 1. The molecule has 7 nitrogen and oxygen atoms in total. The quantitative estimate of drug-likeness (QED) is 0.740. The minimum absolute atomic E-state index is 0.0594. The zero-order valence-corrected chi connectivity index (χ0v) is 16.7. The number of esters is 1. The fourth-order valence-electron chi connectivity index (χ4n) is 3.30. The van der Waals surface area contributed by atoms with E-state index in [-0.39, 0.29) is 18.6 Å². The molecule has 3 rings (SSSR count). The van der Waals surface area contributed by atoms with Gasteiger partial charge < -0.3 is 14.8 Å². The van der Waals surface area contributed by atoms with Crippen LogP contribution in [0.1, 0.15) is 45.7 Å². The molecule has 1 aromatic heterocycles. The van der Waals surface area contributed by atoms with Crippen LogP contribution in [0.3, 0.4) is 0 Å². The van der Waals surface area contributed by atoms with Crippen molar-refractivity contribution < 1.29 is 19.1 Å². The maximum atomic E-state index is 12.5. The van der Waals surface area contributed by atoms with Crippen LogP contribution in [0.5, 0.6) is 0 Å². The Balaban J connectivity index is 1.56. The van der Waals surface area contributed by atoms with Gasteiger partial charge in [-0.3, -0.25) is 9.48 Å². The van der Waals surface area contributed by atoms with Crippen molar-refractivity contribution in [2.24, 2.45) is 0 Å². The van der Waals surface area contributed by atoms with Crippen LogP contribution in [0.2, 0.25) is 0 Å². The predicted molar refractivity (Wildman–Crippen MR) is 104 cm³/mol. The van der Waals surface area contributed by atoms with E-state index in [9.17, 15) is 9.59 Å². The fraction of sp³-hybridized carbons (Fsp3) is 0.476. The first-order valence-corrected chi connectivity index (χ1v) is 9.59. The van der Waals surface area contributed by atoms with E-state index in [1.807, 2.05) is 38.1 Å². The van der Waals surface area contributed by atoms with Crippen LogP contribution in [-0.4, -0.2) is 47.5 Å². The van der Waals surface area contributed by atoms with Crippen LogP contribution in [0, 0.1) is 20.8 Å². The average molecular weight is 385 g/mol. The Morgan fingerprint density at radius 3 is 2.68 bits per heavy atom. The Labute approximate surface area is 165 Å². The van der Waals surface area contributed by atoms with Crippen LogP contribution in [0.4, 0.5) is 0 Å². The topological polar surface area (TPSA) is 82.5 Å². The van der Waals surface area contributed by atoms with Crippen LogP contribution in [0.25, 0.3) is 0 Å². The molecule has 1 aliphatic rings. The molecular weight excluding hydrogens is 358 g/mol. The van der Waals surface area contributed by atoms with Gasteiger partial charge in [-0.25, -0.2) is 4.79 Å². The van der Waals surface area contributed by atoms with E-state index in [2.05, 4.69) is 10.4 Å². The first kappa shape index (κ1) is 20.1. The van der Waals surface area contributed by atoms with Gasteiger partial charge in [-0.2, -0.15) is 5.10 Å². The molecule has 1 amide bonds. The highest BCUT2D eigenvalue weighted by molar-refractivity contribution is 5.93. The second-order valence-corrected chi connectivity index (χ2v) is 7.20. The smallest absolute Gasteiger partial charge is 0.342 e. The summed E-state index contributed by atoms with van der Waals surface area (Å²) in [6, 6.07) is 8.18. The number of hydrogen-bond acceptors (Lipinski definition) is 5. The summed E-state index contributed by atoms with van der Waals surface area (Å²) in [5.41, 5.74) is 4.03. The number of aryl methyl sites for hydroxylation is 2. The van der Waals surface area contributed by atoms with Crippen LogP contribution < -0.4 is 5.32 Å². The summed E-state index contributed by atoms with van der Waals surface area (Å²) in [5, 5.41) is 7.20. The van der Waals surface area contributed by atoms with E-state index in [1.165, 1.54) is 5.56 Å². The Kier molecular flexibility index (Phi) is 6.46. The summed E-state index contributed by atoms with van der Waals surface area (Å²) in [6.45, 7) is 7.09. The van der Waals surface area contributed by atoms with Crippen molar-refractivity contribution in [3.63, 3.8) is 0 Å². The van der Waals surface area contributed by atoms with Gasteiger partial charge in [0.2, 0.25) is 0 Å². The molecule has 2 aromatic rings. The van der Waals surface area contributed by atoms with Gasteiger partial charge in [0.05, 0.1) is 24.0 Å². The van der Waals surface area contributed by atoms with Gasteiger partial charge in [-0.15, -0.1) is 0 Å². The van der Waals surface area contributed by atoms with E-state index in [0.717, 1.165) is 30.7 Å². The molecule has 1 aliphatic heterocycles. The molecule has 1 fully saturated rings. The lowest BCUT2D eigenvalue weighted by Crippen LogP contribution is -2.34. The number of carbonyl (C=O) groups excluding carboxylic acids is 2. The van der Waals surface area contributed by atoms with Crippen molar-refractivity contribution in [2.75, 3.05) is 19.8 Å². The Bertz CT molecular complexity index is 836. The van der Waals surface area contributed by atoms with Gasteiger partial charge in [0.25, 0.3) is 5.91 Å². The van der Waals surface area contributed by atoms with Crippen molar-refractivity contribution >= 4 is 11.9 Å². The number of nitrogens with one attached hydrogen (secondary N) is 1. The molecule has 0 unspecified atom stereocenters. The lowest BCUT2D eigenvalue weighted by molar-refractivity contribution is -0.124. The Hall–Kier alpha value is -2.67. The third-order valence-electron chi connectivity index (χ3n) is 4.92. The number of nitrogens with zero attached hydrogens (tertiary/aromatic N) is 2. The highest BCUT2D eigenvalue weighted by Crippen LogP contribution is 2.16. The summed E-state index contributed by atoms with van der Waals surface area (Å²) in [4.78, 5) is 24.4. The minimum atomic E-state index is -0.530. The molecule has 150 valence electrons. The molecule has 28 heavy (non-hydrogen) atoms. The highest BCUT2D eigenvalue weighted by Gasteiger charge is 2.21. The fourth-order valence-corrected chi connectivity index (χ4v) is 3.30. The van der Waals surface area contributed by atoms with Crippen LogP contribution >= 0.6 is 0 Å². The number of hydrogen-bond donors (Lipinski definition) is 1.